The van der Waals surface area contributed by atoms with Gasteiger partial charge in [-0.05, 0) is 51.8 Å². The van der Waals surface area contributed by atoms with Gasteiger partial charge in [0, 0.05) is 5.92 Å². The van der Waals surface area contributed by atoms with Crippen molar-refractivity contribution in [3.05, 3.63) is 35.4 Å². The van der Waals surface area contributed by atoms with Crippen LogP contribution < -0.4 is 0 Å². The van der Waals surface area contributed by atoms with Crippen molar-refractivity contribution in [3.8, 4) is 0 Å². The van der Waals surface area contributed by atoms with E-state index in [0.29, 0.717) is 5.56 Å². The van der Waals surface area contributed by atoms with E-state index >= 15 is 0 Å². The zero-order valence-electron chi connectivity index (χ0n) is 13.5. The highest BCUT2D eigenvalue weighted by atomic mass is 19.4. The van der Waals surface area contributed by atoms with Crippen LogP contribution >= 0.6 is 0 Å². The van der Waals surface area contributed by atoms with Gasteiger partial charge in [-0.15, -0.1) is 0 Å². The maximum absolute atomic E-state index is 12.6. The maximum atomic E-state index is 12.6. The summed E-state index contributed by atoms with van der Waals surface area (Å²) in [5.41, 5.74) is -2.22. The number of carbonyl (C=O) groups is 2. The number of esters is 1. The summed E-state index contributed by atoms with van der Waals surface area (Å²) in [7, 11) is 0. The van der Waals surface area contributed by atoms with Crippen LogP contribution in [-0.2, 0) is 20.5 Å². The van der Waals surface area contributed by atoms with E-state index in [1.54, 1.807) is 20.8 Å². The van der Waals surface area contributed by atoms with Gasteiger partial charge in [0.15, 0.2) is 0 Å². The van der Waals surface area contributed by atoms with Gasteiger partial charge >= 0.3 is 12.1 Å². The average Bonchev–Trinajstić information content (AvgIpc) is 3.12. The molecular formula is C17H19F3O3. The second-order valence-electron chi connectivity index (χ2n) is 6.91. The highest BCUT2D eigenvalue weighted by Gasteiger charge is 2.65. The van der Waals surface area contributed by atoms with Gasteiger partial charge in [-0.3, -0.25) is 9.59 Å². The number of carbonyl (C=O) groups excluding carboxylic acids is 2. The molecule has 0 saturated heterocycles. The van der Waals surface area contributed by atoms with E-state index in [9.17, 15) is 22.8 Å². The summed E-state index contributed by atoms with van der Waals surface area (Å²) in [5.74, 6) is -1.36. The summed E-state index contributed by atoms with van der Waals surface area (Å²) in [6.45, 7) is 6.42. The molecule has 2 atom stereocenters. The normalized spacial score (nSPS) is 24.2. The summed E-state index contributed by atoms with van der Waals surface area (Å²) in [4.78, 5) is 24.4. The van der Waals surface area contributed by atoms with Gasteiger partial charge in [0.05, 0.1) is 5.56 Å². The molecule has 0 amide bonds. The van der Waals surface area contributed by atoms with Crippen molar-refractivity contribution in [2.75, 3.05) is 0 Å². The molecule has 0 radical (unpaired) electrons. The molecule has 0 bridgehead atoms. The smallest absolute Gasteiger partial charge is 0.416 e. The van der Waals surface area contributed by atoms with Crippen molar-refractivity contribution < 1.29 is 27.5 Å². The van der Waals surface area contributed by atoms with Crippen LogP contribution in [0.1, 0.15) is 51.2 Å². The molecular weight excluding hydrogens is 309 g/mol. The number of halogens is 3. The fourth-order valence-corrected chi connectivity index (χ4v) is 2.70. The first-order valence-corrected chi connectivity index (χ1v) is 7.29. The highest BCUT2D eigenvalue weighted by Crippen LogP contribution is 2.61. The number of ether oxygens (including phenoxy) is 1. The van der Waals surface area contributed by atoms with E-state index in [4.69, 9.17) is 4.74 Å². The Kier molecular flexibility index (Phi) is 4.07. The number of benzene rings is 1. The van der Waals surface area contributed by atoms with Crippen molar-refractivity contribution in [3.63, 3.8) is 0 Å². The molecule has 23 heavy (non-hydrogen) atoms. The van der Waals surface area contributed by atoms with E-state index in [0.717, 1.165) is 12.1 Å². The Morgan fingerprint density at radius 2 is 1.65 bits per heavy atom. The summed E-state index contributed by atoms with van der Waals surface area (Å²) in [5, 5.41) is 0. The minimum absolute atomic E-state index is 0.266. The number of Topliss-reactive ketones (excluding diaryl/α,β-unsaturated/α-hetero) is 1. The highest BCUT2D eigenvalue weighted by molar-refractivity contribution is 6.07. The summed E-state index contributed by atoms with van der Waals surface area (Å²) in [6.07, 6.45) is -4.15. The number of rotatable bonds is 3. The minimum atomic E-state index is -4.41. The molecule has 3 nitrogen and oxygen atoms in total. The molecule has 6 heteroatoms. The second kappa shape index (κ2) is 5.35. The van der Waals surface area contributed by atoms with Gasteiger partial charge in [-0.25, -0.2) is 0 Å². The van der Waals surface area contributed by atoms with E-state index in [1.807, 2.05) is 0 Å². The van der Waals surface area contributed by atoms with E-state index in [1.165, 1.54) is 19.1 Å². The average molecular weight is 328 g/mol. The molecule has 1 aromatic rings. The van der Waals surface area contributed by atoms with Gasteiger partial charge in [-0.2, -0.15) is 13.2 Å². The lowest BCUT2D eigenvalue weighted by atomic mass is 9.94. The minimum Gasteiger partial charge on any atom is -0.459 e. The van der Waals surface area contributed by atoms with Gasteiger partial charge in [-0.1, -0.05) is 12.1 Å². The number of alkyl halides is 3. The molecule has 0 N–H and O–H groups in total. The zero-order valence-corrected chi connectivity index (χ0v) is 13.5. The van der Waals surface area contributed by atoms with Crippen LogP contribution in [0.3, 0.4) is 0 Å². The van der Waals surface area contributed by atoms with Gasteiger partial charge < -0.3 is 4.74 Å². The molecule has 1 fully saturated rings. The fourth-order valence-electron chi connectivity index (χ4n) is 2.70. The molecule has 1 saturated carbocycles. The van der Waals surface area contributed by atoms with E-state index < -0.39 is 34.6 Å². The Morgan fingerprint density at radius 3 is 2.04 bits per heavy atom. The SMILES string of the molecule is CC(=O)[C@]1(C(=O)OC(C)(C)C)C[C@H]1c1ccc(C(F)(F)F)cc1. The van der Waals surface area contributed by atoms with Crippen LogP contribution in [0.15, 0.2) is 24.3 Å². The molecule has 1 aliphatic rings. The summed E-state index contributed by atoms with van der Waals surface area (Å²) < 4.78 is 43.1. The molecule has 0 spiro atoms. The summed E-state index contributed by atoms with van der Waals surface area (Å²) >= 11 is 0. The standard InChI is InChI=1S/C17H19F3O3/c1-10(21)16(14(22)23-15(2,3)4)9-13(16)11-5-7-12(8-6-11)17(18,19)20/h5-8,13H,9H2,1-4H3/t13-,16+/m0/s1. The van der Waals surface area contributed by atoms with Crippen LogP contribution in [0, 0.1) is 5.41 Å². The van der Waals surface area contributed by atoms with Crippen LogP contribution in [0.5, 0.6) is 0 Å². The first-order chi connectivity index (χ1) is 10.4. The molecule has 1 aliphatic carbocycles. The first kappa shape index (κ1) is 17.5. The molecule has 0 heterocycles. The van der Waals surface area contributed by atoms with Crippen molar-refractivity contribution in [1.29, 1.82) is 0 Å². The Bertz CT molecular complexity index is 626. The van der Waals surface area contributed by atoms with Gasteiger partial charge in [0.1, 0.15) is 16.8 Å². The third-order valence-corrected chi connectivity index (χ3v) is 3.99. The van der Waals surface area contributed by atoms with E-state index in [-0.39, 0.29) is 12.2 Å². The Morgan fingerprint density at radius 1 is 1.13 bits per heavy atom. The largest absolute Gasteiger partial charge is 0.459 e. The Balaban J connectivity index is 2.25. The van der Waals surface area contributed by atoms with Crippen LogP contribution in [0.4, 0.5) is 13.2 Å². The first-order valence-electron chi connectivity index (χ1n) is 7.29. The van der Waals surface area contributed by atoms with Crippen molar-refractivity contribution in [2.24, 2.45) is 5.41 Å². The fraction of sp³-hybridized carbons (Fsp3) is 0.529. The molecule has 0 unspecified atom stereocenters. The van der Waals surface area contributed by atoms with Gasteiger partial charge in [0.25, 0.3) is 0 Å². The van der Waals surface area contributed by atoms with Gasteiger partial charge in [0.2, 0.25) is 0 Å². The zero-order chi connectivity index (χ0) is 17.6. The molecule has 126 valence electrons. The predicted octanol–water partition coefficient (Wildman–Crippen LogP) is 4.11. The van der Waals surface area contributed by atoms with Crippen LogP contribution in [-0.4, -0.2) is 17.4 Å². The van der Waals surface area contributed by atoms with E-state index in [2.05, 4.69) is 0 Å². The number of hydrogen-bond acceptors (Lipinski definition) is 3. The molecule has 1 aromatic carbocycles. The lowest BCUT2D eigenvalue weighted by Crippen LogP contribution is -2.34. The molecule has 0 aromatic heterocycles. The van der Waals surface area contributed by atoms with Crippen LogP contribution in [0.25, 0.3) is 0 Å². The lowest BCUT2D eigenvalue weighted by Gasteiger charge is -2.23. The quantitative estimate of drug-likeness (QED) is 0.619. The summed E-state index contributed by atoms with van der Waals surface area (Å²) in [6, 6.07) is 4.58. The Labute approximate surface area is 132 Å². The third-order valence-electron chi connectivity index (χ3n) is 3.99. The van der Waals surface area contributed by atoms with Crippen molar-refractivity contribution >= 4 is 11.8 Å². The topological polar surface area (TPSA) is 43.4 Å². The lowest BCUT2D eigenvalue weighted by molar-refractivity contribution is -0.164. The molecule has 0 aliphatic heterocycles. The van der Waals surface area contributed by atoms with Crippen LogP contribution in [0.2, 0.25) is 0 Å². The third kappa shape index (κ3) is 3.41. The van der Waals surface area contributed by atoms with Crippen molar-refractivity contribution in [1.82, 2.24) is 0 Å². The molecule has 2 rings (SSSR count). The maximum Gasteiger partial charge on any atom is 0.416 e. The monoisotopic (exact) mass is 328 g/mol. The van der Waals surface area contributed by atoms with Crippen molar-refractivity contribution in [2.45, 2.75) is 51.8 Å². The number of ketones is 1. The number of hydrogen-bond donors (Lipinski definition) is 0. The second-order valence-corrected chi connectivity index (χ2v) is 6.91. The predicted molar refractivity (Wildman–Crippen MR) is 77.8 cm³/mol. The Hall–Kier alpha value is -1.85.